The van der Waals surface area contributed by atoms with Gasteiger partial charge in [0.2, 0.25) is 15.9 Å². The summed E-state index contributed by atoms with van der Waals surface area (Å²) in [6.07, 6.45) is 1.21. The lowest BCUT2D eigenvalue weighted by molar-refractivity contribution is -0.117. The van der Waals surface area contributed by atoms with E-state index in [4.69, 9.17) is 28.3 Å². The second-order valence-electron chi connectivity index (χ2n) is 3.85. The second kappa shape index (κ2) is 4.65. The number of anilines is 1. The summed E-state index contributed by atoms with van der Waals surface area (Å²) in [5, 5.41) is 4.37. The molecule has 2 N–H and O–H groups in total. The Labute approximate surface area is 114 Å². The number of hydrogen-bond donors (Lipinski definition) is 1. The fourth-order valence-electron chi connectivity index (χ4n) is 1.76. The molecular formula is C9H9Cl2N3O3S. The number of sulfonamides is 1. The van der Waals surface area contributed by atoms with E-state index >= 15 is 0 Å². The molecule has 1 amide bonds. The lowest BCUT2D eigenvalue weighted by atomic mass is 10.4. The van der Waals surface area contributed by atoms with Gasteiger partial charge in [-0.3, -0.25) is 4.79 Å². The number of carbonyl (C=O) groups is 1. The van der Waals surface area contributed by atoms with Crippen LogP contribution in [-0.2, 0) is 14.8 Å². The molecule has 1 atom stereocenters. The fourth-order valence-corrected chi connectivity index (χ4v) is 3.05. The Morgan fingerprint density at radius 3 is 2.61 bits per heavy atom. The zero-order valence-corrected chi connectivity index (χ0v) is 11.3. The maximum Gasteiger partial charge on any atom is 0.228 e. The Kier molecular flexibility index (Phi) is 3.50. The van der Waals surface area contributed by atoms with Gasteiger partial charge in [0, 0.05) is 19.2 Å². The summed E-state index contributed by atoms with van der Waals surface area (Å²) in [6, 6.07) is 1.47. The highest BCUT2D eigenvalue weighted by atomic mass is 35.5. The standard InChI is InChI=1S/C9H9Cl2N3O3S/c10-6-1-2-13-9(11)8(6)14-4-5(3-7(14)15)18(12,16)17/h1-2,5H,3-4H2,(H2,12,16,17). The number of nitrogens with two attached hydrogens (primary N) is 1. The maximum atomic E-state index is 11.8. The van der Waals surface area contributed by atoms with Gasteiger partial charge in [0.15, 0.2) is 5.15 Å². The number of carbonyl (C=O) groups excluding carboxylic acids is 1. The molecule has 9 heteroatoms. The summed E-state index contributed by atoms with van der Waals surface area (Å²) in [4.78, 5) is 16.8. The topological polar surface area (TPSA) is 93.4 Å². The van der Waals surface area contributed by atoms with Crippen LogP contribution in [0.15, 0.2) is 12.3 Å². The van der Waals surface area contributed by atoms with E-state index in [2.05, 4.69) is 4.98 Å². The van der Waals surface area contributed by atoms with Crippen molar-refractivity contribution in [2.45, 2.75) is 11.7 Å². The van der Waals surface area contributed by atoms with Crippen LogP contribution >= 0.6 is 23.2 Å². The molecule has 0 aromatic carbocycles. The second-order valence-corrected chi connectivity index (χ2v) is 6.46. The van der Waals surface area contributed by atoms with Crippen molar-refractivity contribution in [1.82, 2.24) is 4.98 Å². The maximum absolute atomic E-state index is 11.8. The first-order valence-corrected chi connectivity index (χ1v) is 7.29. The summed E-state index contributed by atoms with van der Waals surface area (Å²) >= 11 is 11.8. The van der Waals surface area contributed by atoms with Crippen LogP contribution in [0.25, 0.3) is 0 Å². The van der Waals surface area contributed by atoms with Gasteiger partial charge < -0.3 is 4.90 Å². The van der Waals surface area contributed by atoms with E-state index in [-0.39, 0.29) is 28.8 Å². The van der Waals surface area contributed by atoms with Gasteiger partial charge in [0.1, 0.15) is 10.9 Å². The average Bonchev–Trinajstić information content (AvgIpc) is 2.60. The van der Waals surface area contributed by atoms with Crippen LogP contribution in [0.5, 0.6) is 0 Å². The highest BCUT2D eigenvalue weighted by Gasteiger charge is 2.38. The first kappa shape index (κ1) is 13.5. The van der Waals surface area contributed by atoms with Gasteiger partial charge >= 0.3 is 0 Å². The Morgan fingerprint density at radius 2 is 2.11 bits per heavy atom. The summed E-state index contributed by atoms with van der Waals surface area (Å²) in [5.41, 5.74) is 0.219. The normalized spacial score (nSPS) is 20.5. The Bertz CT molecular complexity index is 585. The molecule has 0 aliphatic carbocycles. The van der Waals surface area contributed by atoms with E-state index in [1.54, 1.807) is 0 Å². The third-order valence-corrected chi connectivity index (χ3v) is 4.48. The van der Waals surface area contributed by atoms with Crippen molar-refractivity contribution in [3.05, 3.63) is 22.4 Å². The van der Waals surface area contributed by atoms with Gasteiger partial charge in [0.05, 0.1) is 5.02 Å². The van der Waals surface area contributed by atoms with Crippen molar-refractivity contribution in [3.63, 3.8) is 0 Å². The van der Waals surface area contributed by atoms with Crippen LogP contribution in [0.3, 0.4) is 0 Å². The van der Waals surface area contributed by atoms with E-state index < -0.39 is 21.2 Å². The van der Waals surface area contributed by atoms with E-state index in [1.807, 2.05) is 0 Å². The Hall–Kier alpha value is -0.890. The van der Waals surface area contributed by atoms with Crippen LogP contribution in [0.1, 0.15) is 6.42 Å². The minimum Gasteiger partial charge on any atom is -0.307 e. The molecule has 0 radical (unpaired) electrons. The van der Waals surface area contributed by atoms with E-state index in [9.17, 15) is 13.2 Å². The molecule has 1 fully saturated rings. The minimum atomic E-state index is -3.77. The lowest BCUT2D eigenvalue weighted by Gasteiger charge is -2.18. The zero-order valence-electron chi connectivity index (χ0n) is 9.01. The van der Waals surface area contributed by atoms with Crippen LogP contribution < -0.4 is 10.0 Å². The Balaban J connectivity index is 2.39. The van der Waals surface area contributed by atoms with Gasteiger partial charge in [-0.25, -0.2) is 18.5 Å². The number of primary sulfonamides is 1. The molecule has 1 aromatic rings. The SMILES string of the molecule is NS(=O)(=O)C1CC(=O)N(c2c(Cl)ccnc2Cl)C1. The Morgan fingerprint density at radius 1 is 1.44 bits per heavy atom. The number of aromatic nitrogens is 1. The van der Waals surface area contributed by atoms with E-state index in [0.29, 0.717) is 0 Å². The van der Waals surface area contributed by atoms with Crippen molar-refractivity contribution in [1.29, 1.82) is 0 Å². The number of pyridine rings is 1. The third kappa shape index (κ3) is 2.44. The molecule has 98 valence electrons. The average molecular weight is 310 g/mol. The van der Waals surface area contributed by atoms with Crippen molar-refractivity contribution in [3.8, 4) is 0 Å². The molecule has 1 aromatic heterocycles. The predicted molar refractivity (Wildman–Crippen MR) is 68.1 cm³/mol. The minimum absolute atomic E-state index is 0.0471. The molecule has 0 spiro atoms. The van der Waals surface area contributed by atoms with Gasteiger partial charge in [-0.15, -0.1) is 0 Å². The molecule has 1 unspecified atom stereocenters. The van der Waals surface area contributed by atoms with Crippen LogP contribution in [0.4, 0.5) is 5.69 Å². The molecule has 2 rings (SSSR count). The van der Waals surface area contributed by atoms with Crippen molar-refractivity contribution in [2.75, 3.05) is 11.4 Å². The van der Waals surface area contributed by atoms with E-state index in [1.165, 1.54) is 17.2 Å². The molecule has 18 heavy (non-hydrogen) atoms. The third-order valence-electron chi connectivity index (χ3n) is 2.65. The molecule has 1 aliphatic rings. The molecule has 0 saturated carbocycles. The highest BCUT2D eigenvalue weighted by molar-refractivity contribution is 7.89. The lowest BCUT2D eigenvalue weighted by Crippen LogP contribution is -2.32. The predicted octanol–water partition coefficient (Wildman–Crippen LogP) is 0.782. The number of amides is 1. The van der Waals surface area contributed by atoms with Crippen molar-refractivity contribution >= 4 is 44.8 Å². The van der Waals surface area contributed by atoms with Gasteiger partial charge in [-0.2, -0.15) is 0 Å². The van der Waals surface area contributed by atoms with Gasteiger partial charge in [-0.05, 0) is 6.07 Å². The largest absolute Gasteiger partial charge is 0.307 e. The van der Waals surface area contributed by atoms with E-state index in [0.717, 1.165) is 0 Å². The zero-order chi connectivity index (χ0) is 13.5. The molecule has 1 aliphatic heterocycles. The van der Waals surface area contributed by atoms with Crippen molar-refractivity contribution in [2.24, 2.45) is 5.14 Å². The molecule has 2 heterocycles. The summed E-state index contributed by atoms with van der Waals surface area (Å²) < 4.78 is 22.5. The number of nitrogens with zero attached hydrogens (tertiary/aromatic N) is 2. The molecule has 1 saturated heterocycles. The number of rotatable bonds is 2. The quantitative estimate of drug-likeness (QED) is 0.817. The van der Waals surface area contributed by atoms with Gasteiger partial charge in [0.25, 0.3) is 0 Å². The van der Waals surface area contributed by atoms with Crippen LogP contribution in [0.2, 0.25) is 10.2 Å². The van der Waals surface area contributed by atoms with Crippen LogP contribution in [0, 0.1) is 0 Å². The van der Waals surface area contributed by atoms with Crippen LogP contribution in [-0.4, -0.2) is 31.1 Å². The summed E-state index contributed by atoms with van der Waals surface area (Å²) in [6.45, 7) is -0.0667. The number of halogens is 2. The summed E-state index contributed by atoms with van der Waals surface area (Å²) in [7, 11) is -3.77. The molecule has 6 nitrogen and oxygen atoms in total. The number of hydrogen-bond acceptors (Lipinski definition) is 4. The first-order chi connectivity index (χ1) is 8.30. The fraction of sp³-hybridized carbons (Fsp3) is 0.333. The van der Waals surface area contributed by atoms with Crippen molar-refractivity contribution < 1.29 is 13.2 Å². The highest BCUT2D eigenvalue weighted by Crippen LogP contribution is 2.35. The first-order valence-electron chi connectivity index (χ1n) is 4.92. The smallest absolute Gasteiger partial charge is 0.228 e. The summed E-state index contributed by atoms with van der Waals surface area (Å²) in [5.74, 6) is -0.397. The van der Waals surface area contributed by atoms with Gasteiger partial charge in [-0.1, -0.05) is 23.2 Å². The monoisotopic (exact) mass is 309 g/mol. The molecular weight excluding hydrogens is 301 g/mol. The molecule has 0 bridgehead atoms.